The number of pyridine rings is 1. The van der Waals surface area contributed by atoms with Gasteiger partial charge in [0.15, 0.2) is 0 Å². The van der Waals surface area contributed by atoms with Gasteiger partial charge in [-0.1, -0.05) is 34.1 Å². The van der Waals surface area contributed by atoms with Crippen molar-refractivity contribution in [3.05, 3.63) is 69.5 Å². The van der Waals surface area contributed by atoms with Crippen molar-refractivity contribution in [1.82, 2.24) is 10.3 Å². The molecule has 2 aromatic rings. The van der Waals surface area contributed by atoms with E-state index < -0.39 is 5.91 Å². The summed E-state index contributed by atoms with van der Waals surface area (Å²) in [6.07, 6.45) is 7.70. The number of hydrogen-bond donors (Lipinski definition) is 2. The quantitative estimate of drug-likeness (QED) is 0.549. The van der Waals surface area contributed by atoms with Crippen LogP contribution in [0.5, 0.6) is 0 Å². The van der Waals surface area contributed by atoms with Crippen molar-refractivity contribution in [3.8, 4) is 6.07 Å². The second kappa shape index (κ2) is 8.83. The average Bonchev–Trinajstić information content (AvgIpc) is 2.68. The van der Waals surface area contributed by atoms with Crippen molar-refractivity contribution in [1.29, 1.82) is 5.26 Å². The maximum absolute atomic E-state index is 12.5. The zero-order chi connectivity index (χ0) is 19.2. The van der Waals surface area contributed by atoms with Gasteiger partial charge in [-0.3, -0.25) is 4.79 Å². The molecule has 0 aliphatic heterocycles. The molecule has 0 bridgehead atoms. The molecule has 1 atom stereocenters. The smallest absolute Gasteiger partial charge is 0.263 e. The Morgan fingerprint density at radius 2 is 2.04 bits per heavy atom. The van der Waals surface area contributed by atoms with Gasteiger partial charge >= 0.3 is 0 Å². The van der Waals surface area contributed by atoms with Crippen LogP contribution in [-0.4, -0.2) is 10.9 Å². The molecule has 0 spiro atoms. The third kappa shape index (κ3) is 4.95. The van der Waals surface area contributed by atoms with Crippen LogP contribution in [0, 0.1) is 11.3 Å². The number of hydrogen-bond acceptors (Lipinski definition) is 4. The van der Waals surface area contributed by atoms with E-state index in [1.807, 2.05) is 13.0 Å². The van der Waals surface area contributed by atoms with Crippen LogP contribution >= 0.6 is 15.9 Å². The molecule has 2 N–H and O–H groups in total. The SMILES string of the molecule is CC(NC(=O)/C(C#N)=C\Nc1cc(Br)ccn1)c1ccc2c(c1)CCCC2. The van der Waals surface area contributed by atoms with Gasteiger partial charge in [-0.2, -0.15) is 5.26 Å². The predicted octanol–water partition coefficient (Wildman–Crippen LogP) is 4.42. The van der Waals surface area contributed by atoms with E-state index in [0.29, 0.717) is 5.82 Å². The van der Waals surface area contributed by atoms with Crippen LogP contribution in [0.3, 0.4) is 0 Å². The number of anilines is 1. The van der Waals surface area contributed by atoms with E-state index >= 15 is 0 Å². The maximum atomic E-state index is 12.5. The second-order valence-corrected chi connectivity index (χ2v) is 7.52. The third-order valence-corrected chi connectivity index (χ3v) is 5.16. The highest BCUT2D eigenvalue weighted by atomic mass is 79.9. The fourth-order valence-electron chi connectivity index (χ4n) is 3.16. The second-order valence-electron chi connectivity index (χ2n) is 6.60. The Morgan fingerprint density at radius 3 is 2.78 bits per heavy atom. The summed E-state index contributed by atoms with van der Waals surface area (Å²) < 4.78 is 0.859. The van der Waals surface area contributed by atoms with E-state index in [0.717, 1.165) is 22.9 Å². The standard InChI is InChI=1S/C21H21BrN4O/c1-14(16-7-6-15-4-2-3-5-17(15)10-16)26-21(27)18(12-23)13-25-20-11-19(22)8-9-24-20/h6-11,13-14H,2-5H2,1H3,(H,24,25)(H,26,27)/b18-13-. The van der Waals surface area contributed by atoms with E-state index in [-0.39, 0.29) is 11.6 Å². The van der Waals surface area contributed by atoms with Crippen LogP contribution in [0.4, 0.5) is 5.82 Å². The van der Waals surface area contributed by atoms with Crippen LogP contribution in [-0.2, 0) is 17.6 Å². The Kier molecular flexibility index (Phi) is 6.25. The summed E-state index contributed by atoms with van der Waals surface area (Å²) in [6.45, 7) is 1.93. The molecular formula is C21H21BrN4O. The minimum Gasteiger partial charge on any atom is -0.345 e. The first-order valence-corrected chi connectivity index (χ1v) is 9.77. The van der Waals surface area contributed by atoms with Crippen molar-refractivity contribution in [2.75, 3.05) is 5.32 Å². The van der Waals surface area contributed by atoms with Gasteiger partial charge in [0.05, 0.1) is 6.04 Å². The molecule has 1 aliphatic rings. The molecule has 0 saturated heterocycles. The summed E-state index contributed by atoms with van der Waals surface area (Å²) in [6, 6.07) is 11.7. The zero-order valence-corrected chi connectivity index (χ0v) is 16.7. The number of fused-ring (bicyclic) bond motifs is 1. The molecule has 0 fully saturated rings. The lowest BCUT2D eigenvalue weighted by molar-refractivity contribution is -0.117. The fourth-order valence-corrected chi connectivity index (χ4v) is 3.49. The molecular weight excluding hydrogens is 404 g/mol. The number of carbonyl (C=O) groups is 1. The van der Waals surface area contributed by atoms with Crippen molar-refractivity contribution in [2.24, 2.45) is 0 Å². The molecule has 138 valence electrons. The van der Waals surface area contributed by atoms with Crippen LogP contribution in [0.15, 0.2) is 52.8 Å². The minimum atomic E-state index is -0.412. The van der Waals surface area contributed by atoms with Gasteiger partial charge in [0.25, 0.3) is 5.91 Å². The fraction of sp³-hybridized carbons (Fsp3) is 0.286. The number of aromatic nitrogens is 1. The highest BCUT2D eigenvalue weighted by Gasteiger charge is 2.16. The molecule has 1 unspecified atom stereocenters. The summed E-state index contributed by atoms with van der Waals surface area (Å²) in [5, 5.41) is 15.1. The van der Waals surface area contributed by atoms with Gasteiger partial charge < -0.3 is 10.6 Å². The molecule has 1 aliphatic carbocycles. The summed E-state index contributed by atoms with van der Waals surface area (Å²) in [4.78, 5) is 16.6. The van der Waals surface area contributed by atoms with Crippen molar-refractivity contribution in [3.63, 3.8) is 0 Å². The molecule has 1 heterocycles. The van der Waals surface area contributed by atoms with Gasteiger partial charge in [0, 0.05) is 16.9 Å². The Hall–Kier alpha value is -2.65. The number of benzene rings is 1. The summed E-state index contributed by atoms with van der Waals surface area (Å²) in [5.74, 6) is 0.137. The monoisotopic (exact) mass is 424 g/mol. The van der Waals surface area contributed by atoms with E-state index in [2.05, 4.69) is 49.7 Å². The molecule has 6 heteroatoms. The third-order valence-electron chi connectivity index (χ3n) is 4.67. The Labute approximate surface area is 167 Å². The number of carbonyl (C=O) groups excluding carboxylic acids is 1. The maximum Gasteiger partial charge on any atom is 0.263 e. The first-order chi connectivity index (χ1) is 13.1. The minimum absolute atomic E-state index is 0.00147. The molecule has 1 aromatic carbocycles. The lowest BCUT2D eigenvalue weighted by Gasteiger charge is -2.20. The van der Waals surface area contributed by atoms with Crippen LogP contribution in [0.2, 0.25) is 0 Å². The van der Waals surface area contributed by atoms with Crippen molar-refractivity contribution >= 4 is 27.7 Å². The summed E-state index contributed by atoms with van der Waals surface area (Å²) >= 11 is 3.35. The van der Waals surface area contributed by atoms with Crippen molar-refractivity contribution < 1.29 is 4.79 Å². The van der Waals surface area contributed by atoms with Gasteiger partial charge in [0.2, 0.25) is 0 Å². The molecule has 5 nitrogen and oxygen atoms in total. The summed E-state index contributed by atoms with van der Waals surface area (Å²) in [7, 11) is 0. The van der Waals surface area contributed by atoms with Gasteiger partial charge in [0.1, 0.15) is 17.5 Å². The Balaban J connectivity index is 1.67. The molecule has 1 aromatic heterocycles. The zero-order valence-electron chi connectivity index (χ0n) is 15.1. The highest BCUT2D eigenvalue weighted by molar-refractivity contribution is 9.10. The Bertz CT molecular complexity index is 917. The number of nitrogens with one attached hydrogen (secondary N) is 2. The average molecular weight is 425 g/mol. The lowest BCUT2D eigenvalue weighted by atomic mass is 9.89. The van der Waals surface area contributed by atoms with Gasteiger partial charge in [-0.15, -0.1) is 0 Å². The predicted molar refractivity (Wildman–Crippen MR) is 109 cm³/mol. The highest BCUT2D eigenvalue weighted by Crippen LogP contribution is 2.25. The molecule has 27 heavy (non-hydrogen) atoms. The number of nitriles is 1. The number of halogens is 1. The van der Waals surface area contributed by atoms with Gasteiger partial charge in [-0.25, -0.2) is 4.98 Å². The van der Waals surface area contributed by atoms with Gasteiger partial charge in [-0.05, 0) is 61.4 Å². The van der Waals surface area contributed by atoms with E-state index in [1.54, 1.807) is 18.3 Å². The van der Waals surface area contributed by atoms with E-state index in [1.165, 1.54) is 30.2 Å². The number of rotatable bonds is 5. The normalized spacial score (nSPS) is 14.6. The van der Waals surface area contributed by atoms with Crippen LogP contribution < -0.4 is 10.6 Å². The first kappa shape index (κ1) is 19.1. The Morgan fingerprint density at radius 1 is 1.26 bits per heavy atom. The van der Waals surface area contributed by atoms with E-state index in [4.69, 9.17) is 0 Å². The lowest BCUT2D eigenvalue weighted by Crippen LogP contribution is -2.28. The number of nitrogens with zero attached hydrogens (tertiary/aromatic N) is 2. The summed E-state index contributed by atoms with van der Waals surface area (Å²) in [5.41, 5.74) is 3.84. The van der Waals surface area contributed by atoms with Crippen LogP contribution in [0.25, 0.3) is 0 Å². The molecule has 0 saturated carbocycles. The van der Waals surface area contributed by atoms with E-state index in [9.17, 15) is 10.1 Å². The molecule has 1 amide bonds. The largest absolute Gasteiger partial charge is 0.345 e. The number of aryl methyl sites for hydroxylation is 2. The topological polar surface area (TPSA) is 77.8 Å². The molecule has 3 rings (SSSR count). The van der Waals surface area contributed by atoms with Crippen LogP contribution in [0.1, 0.15) is 42.5 Å². The molecule has 0 radical (unpaired) electrons. The van der Waals surface area contributed by atoms with Crippen molar-refractivity contribution in [2.45, 2.75) is 38.6 Å². The first-order valence-electron chi connectivity index (χ1n) is 8.98. The number of amides is 1.